The molecule has 0 fully saturated rings. The summed E-state index contributed by atoms with van der Waals surface area (Å²) < 4.78 is 10.1. The Labute approximate surface area is 96.4 Å². The molecule has 3 heteroatoms. The average Bonchev–Trinajstić information content (AvgIpc) is 2.28. The van der Waals surface area contributed by atoms with E-state index in [9.17, 15) is 4.79 Å². The molecule has 0 spiro atoms. The first kappa shape index (κ1) is 12.6. The fourth-order valence-corrected chi connectivity index (χ4v) is 1.31. The molecule has 0 heterocycles. The van der Waals surface area contributed by atoms with Gasteiger partial charge >= 0.3 is 5.97 Å². The van der Waals surface area contributed by atoms with Crippen LogP contribution in [0.3, 0.4) is 0 Å². The number of carbonyl (C=O) groups is 1. The van der Waals surface area contributed by atoms with Gasteiger partial charge in [-0.1, -0.05) is 6.07 Å². The number of hydrogen-bond donors (Lipinski definition) is 0. The molecule has 0 atom stereocenters. The van der Waals surface area contributed by atoms with Crippen molar-refractivity contribution >= 4 is 5.97 Å². The molecule has 1 rings (SSSR count). The number of aryl methyl sites for hydroxylation is 2. The van der Waals surface area contributed by atoms with Gasteiger partial charge in [0.15, 0.2) is 0 Å². The van der Waals surface area contributed by atoms with Crippen LogP contribution in [0.4, 0.5) is 0 Å². The maximum atomic E-state index is 10.8. The molecule has 3 nitrogen and oxygen atoms in total. The molecule has 0 aliphatic heterocycles. The van der Waals surface area contributed by atoms with Crippen LogP contribution in [0.15, 0.2) is 18.2 Å². The second-order valence-electron chi connectivity index (χ2n) is 3.77. The summed E-state index contributed by atoms with van der Waals surface area (Å²) in [5.41, 5.74) is 2.47. The monoisotopic (exact) mass is 222 g/mol. The molecule has 0 bridgehead atoms. The molecular weight excluding hydrogens is 204 g/mol. The van der Waals surface area contributed by atoms with E-state index in [1.807, 2.05) is 18.2 Å². The number of carbonyl (C=O) groups excluding carboxylic acids is 1. The van der Waals surface area contributed by atoms with Crippen LogP contribution in [0.2, 0.25) is 0 Å². The summed E-state index contributed by atoms with van der Waals surface area (Å²) in [5, 5.41) is 0. The first-order valence-corrected chi connectivity index (χ1v) is 5.40. The molecule has 0 aromatic heterocycles. The van der Waals surface area contributed by atoms with Crippen LogP contribution >= 0.6 is 0 Å². The Morgan fingerprint density at radius 3 is 2.62 bits per heavy atom. The highest BCUT2D eigenvalue weighted by Crippen LogP contribution is 2.16. The van der Waals surface area contributed by atoms with Crippen LogP contribution in [0.5, 0.6) is 5.75 Å². The molecule has 0 aliphatic rings. The minimum absolute atomic E-state index is 0.191. The van der Waals surface area contributed by atoms with Gasteiger partial charge in [-0.25, -0.2) is 0 Å². The topological polar surface area (TPSA) is 35.5 Å². The van der Waals surface area contributed by atoms with E-state index in [1.165, 1.54) is 18.2 Å². The van der Waals surface area contributed by atoms with Crippen molar-refractivity contribution in [2.75, 3.05) is 13.7 Å². The largest absolute Gasteiger partial charge is 0.494 e. The van der Waals surface area contributed by atoms with Crippen molar-refractivity contribution in [3.63, 3.8) is 0 Å². The summed E-state index contributed by atoms with van der Waals surface area (Å²) in [6.07, 6.45) is 1.08. The number of ether oxygens (including phenoxy) is 2. The van der Waals surface area contributed by atoms with E-state index in [0.29, 0.717) is 19.4 Å². The highest BCUT2D eigenvalue weighted by molar-refractivity contribution is 5.69. The van der Waals surface area contributed by atoms with Gasteiger partial charge in [-0.2, -0.15) is 0 Å². The van der Waals surface area contributed by atoms with Gasteiger partial charge in [0.25, 0.3) is 0 Å². The Morgan fingerprint density at radius 1 is 1.25 bits per heavy atom. The maximum absolute atomic E-state index is 10.8. The molecule has 0 unspecified atom stereocenters. The van der Waals surface area contributed by atoms with E-state index in [-0.39, 0.29) is 5.97 Å². The normalized spacial score (nSPS) is 9.94. The molecule has 0 amide bonds. The second-order valence-corrected chi connectivity index (χ2v) is 3.77. The fraction of sp³-hybridized carbons (Fsp3) is 0.462. The maximum Gasteiger partial charge on any atom is 0.305 e. The summed E-state index contributed by atoms with van der Waals surface area (Å²) in [4.78, 5) is 10.8. The zero-order chi connectivity index (χ0) is 12.0. The third-order valence-corrected chi connectivity index (χ3v) is 2.50. The van der Waals surface area contributed by atoms with Crippen LogP contribution in [0.1, 0.15) is 24.0 Å². The number of esters is 1. The molecule has 0 aliphatic carbocycles. The number of rotatable bonds is 5. The Hall–Kier alpha value is -1.51. The van der Waals surface area contributed by atoms with Crippen LogP contribution in [-0.4, -0.2) is 19.7 Å². The summed E-state index contributed by atoms with van der Waals surface area (Å²) in [5.74, 6) is 0.664. The van der Waals surface area contributed by atoms with Crippen molar-refractivity contribution in [3.8, 4) is 5.75 Å². The molecule has 1 aromatic rings. The van der Waals surface area contributed by atoms with Gasteiger partial charge in [0.1, 0.15) is 5.75 Å². The zero-order valence-corrected chi connectivity index (χ0v) is 10.1. The van der Waals surface area contributed by atoms with Crippen molar-refractivity contribution in [1.82, 2.24) is 0 Å². The second kappa shape index (κ2) is 6.16. The van der Waals surface area contributed by atoms with Crippen molar-refractivity contribution in [1.29, 1.82) is 0 Å². The van der Waals surface area contributed by atoms with Crippen LogP contribution < -0.4 is 4.74 Å². The highest BCUT2D eigenvalue weighted by Gasteiger charge is 2.01. The van der Waals surface area contributed by atoms with Gasteiger partial charge in [-0.15, -0.1) is 0 Å². The van der Waals surface area contributed by atoms with Gasteiger partial charge in [0.05, 0.1) is 13.7 Å². The van der Waals surface area contributed by atoms with E-state index in [1.54, 1.807) is 0 Å². The molecule has 16 heavy (non-hydrogen) atoms. The minimum atomic E-state index is -0.191. The summed E-state index contributed by atoms with van der Waals surface area (Å²) in [7, 11) is 1.40. The van der Waals surface area contributed by atoms with Gasteiger partial charge in [-0.05, 0) is 43.5 Å². The summed E-state index contributed by atoms with van der Waals surface area (Å²) in [6.45, 7) is 4.66. The van der Waals surface area contributed by atoms with E-state index in [4.69, 9.17) is 4.74 Å². The molecule has 0 saturated heterocycles. The number of hydrogen-bond acceptors (Lipinski definition) is 3. The average molecular weight is 222 g/mol. The van der Waals surface area contributed by atoms with Crippen molar-refractivity contribution in [2.45, 2.75) is 26.7 Å². The van der Waals surface area contributed by atoms with E-state index >= 15 is 0 Å². The molecule has 88 valence electrons. The molecule has 0 radical (unpaired) electrons. The van der Waals surface area contributed by atoms with Crippen molar-refractivity contribution in [3.05, 3.63) is 29.3 Å². The third kappa shape index (κ3) is 3.93. The van der Waals surface area contributed by atoms with E-state index in [0.717, 1.165) is 5.75 Å². The van der Waals surface area contributed by atoms with E-state index < -0.39 is 0 Å². The lowest BCUT2D eigenvalue weighted by molar-refractivity contribution is -0.140. The Morgan fingerprint density at radius 2 is 2.00 bits per heavy atom. The zero-order valence-electron chi connectivity index (χ0n) is 10.1. The predicted molar refractivity (Wildman–Crippen MR) is 62.7 cm³/mol. The van der Waals surface area contributed by atoms with Crippen LogP contribution in [-0.2, 0) is 9.53 Å². The minimum Gasteiger partial charge on any atom is -0.494 e. The first-order chi connectivity index (χ1) is 7.63. The van der Waals surface area contributed by atoms with Crippen LogP contribution in [0.25, 0.3) is 0 Å². The lowest BCUT2D eigenvalue weighted by Gasteiger charge is -2.07. The van der Waals surface area contributed by atoms with Gasteiger partial charge in [0.2, 0.25) is 0 Å². The third-order valence-electron chi connectivity index (χ3n) is 2.50. The first-order valence-electron chi connectivity index (χ1n) is 5.40. The molecule has 1 aromatic carbocycles. The lowest BCUT2D eigenvalue weighted by Crippen LogP contribution is -2.04. The fourth-order valence-electron chi connectivity index (χ4n) is 1.31. The quantitative estimate of drug-likeness (QED) is 0.567. The van der Waals surface area contributed by atoms with Crippen molar-refractivity contribution < 1.29 is 14.3 Å². The highest BCUT2D eigenvalue weighted by atomic mass is 16.5. The standard InChI is InChI=1S/C13H18O3/c1-10-6-7-12(9-11(10)2)16-8-4-5-13(14)15-3/h6-7,9H,4-5,8H2,1-3H3. The van der Waals surface area contributed by atoms with E-state index in [2.05, 4.69) is 18.6 Å². The SMILES string of the molecule is COC(=O)CCCOc1ccc(C)c(C)c1. The summed E-state index contributed by atoms with van der Waals surface area (Å²) in [6, 6.07) is 5.99. The van der Waals surface area contributed by atoms with Gasteiger partial charge in [0, 0.05) is 6.42 Å². The van der Waals surface area contributed by atoms with Crippen molar-refractivity contribution in [2.24, 2.45) is 0 Å². The van der Waals surface area contributed by atoms with Gasteiger partial charge in [-0.3, -0.25) is 4.79 Å². The number of benzene rings is 1. The Kier molecular flexibility index (Phi) is 4.83. The van der Waals surface area contributed by atoms with Crippen LogP contribution in [0, 0.1) is 13.8 Å². The Bertz CT molecular complexity index is 358. The number of methoxy groups -OCH3 is 1. The molecular formula is C13H18O3. The molecule has 0 N–H and O–H groups in total. The smallest absolute Gasteiger partial charge is 0.305 e. The van der Waals surface area contributed by atoms with Gasteiger partial charge < -0.3 is 9.47 Å². The predicted octanol–water partition coefficient (Wildman–Crippen LogP) is 2.64. The lowest BCUT2D eigenvalue weighted by atomic mass is 10.1. The Balaban J connectivity index is 2.32. The molecule has 0 saturated carbocycles. The summed E-state index contributed by atoms with van der Waals surface area (Å²) >= 11 is 0.